The molecule has 1 amide bonds. The van der Waals surface area contributed by atoms with Gasteiger partial charge in [-0.2, -0.15) is 0 Å². The summed E-state index contributed by atoms with van der Waals surface area (Å²) in [4.78, 5) is 26.5. The SMILES string of the molecule is CC(C)C[C@@H](NC(=O)[C@@H](Cc1ccccc1)NCOCCNC[C@@H](C)c1ccccc1)C(=O)OCC1=CCCC=C1.[HH].[HH].[HH]. The van der Waals surface area contributed by atoms with Crippen LogP contribution in [0.4, 0.5) is 0 Å². The maximum absolute atomic E-state index is 13.5. The van der Waals surface area contributed by atoms with Crippen molar-refractivity contribution in [1.82, 2.24) is 16.0 Å². The number of carbonyl (C=O) groups is 2. The van der Waals surface area contributed by atoms with Crippen molar-refractivity contribution in [3.63, 3.8) is 0 Å². The van der Waals surface area contributed by atoms with Gasteiger partial charge < -0.3 is 20.1 Å². The summed E-state index contributed by atoms with van der Waals surface area (Å²) in [5.74, 6) is -0.0266. The normalized spacial score (nSPS) is 15.2. The minimum Gasteiger partial charge on any atom is -0.459 e. The van der Waals surface area contributed by atoms with E-state index in [9.17, 15) is 9.59 Å². The average Bonchev–Trinajstić information content (AvgIpc) is 2.99. The Hall–Kier alpha value is -3.26. The van der Waals surface area contributed by atoms with E-state index in [0.717, 1.165) is 30.5 Å². The van der Waals surface area contributed by atoms with E-state index in [-0.39, 0.29) is 29.4 Å². The van der Waals surface area contributed by atoms with Crippen LogP contribution in [0.15, 0.2) is 84.5 Å². The lowest BCUT2D eigenvalue weighted by Crippen LogP contribution is -2.52. The second kappa shape index (κ2) is 18.2. The van der Waals surface area contributed by atoms with E-state index >= 15 is 0 Å². The Morgan fingerprint density at radius 2 is 1.68 bits per heavy atom. The van der Waals surface area contributed by atoms with Crippen molar-refractivity contribution >= 4 is 11.9 Å². The van der Waals surface area contributed by atoms with E-state index in [1.54, 1.807) is 0 Å². The van der Waals surface area contributed by atoms with Gasteiger partial charge in [0.05, 0.1) is 19.4 Å². The Balaban J connectivity index is 0.00000616. The predicted octanol–water partition coefficient (Wildman–Crippen LogP) is 5.64. The lowest BCUT2D eigenvalue weighted by atomic mass is 10.0. The number of amides is 1. The van der Waals surface area contributed by atoms with Gasteiger partial charge in [0.2, 0.25) is 5.91 Å². The van der Waals surface area contributed by atoms with Crippen LogP contribution < -0.4 is 16.0 Å². The summed E-state index contributed by atoms with van der Waals surface area (Å²) in [5, 5.41) is 9.64. The van der Waals surface area contributed by atoms with Gasteiger partial charge in [0.15, 0.2) is 0 Å². The molecule has 7 heteroatoms. The lowest BCUT2D eigenvalue weighted by molar-refractivity contribution is -0.147. The zero-order valence-electron chi connectivity index (χ0n) is 24.8. The third kappa shape index (κ3) is 12.4. The zero-order chi connectivity index (χ0) is 29.3. The van der Waals surface area contributed by atoms with E-state index in [1.165, 1.54) is 5.56 Å². The molecule has 2 aromatic rings. The summed E-state index contributed by atoms with van der Waals surface area (Å²) in [7, 11) is 0. The number of hydrogen-bond acceptors (Lipinski definition) is 6. The summed E-state index contributed by atoms with van der Waals surface area (Å²) in [6, 6.07) is 19.0. The Kier molecular flexibility index (Phi) is 14.3. The number of rotatable bonds is 18. The smallest absolute Gasteiger partial charge is 0.328 e. The van der Waals surface area contributed by atoms with Gasteiger partial charge in [0.25, 0.3) is 0 Å². The van der Waals surface area contributed by atoms with E-state index in [1.807, 2.05) is 56.3 Å². The van der Waals surface area contributed by atoms with Crippen molar-refractivity contribution in [3.8, 4) is 0 Å². The molecule has 0 unspecified atom stereocenters. The molecule has 1 aliphatic rings. The summed E-state index contributed by atoms with van der Waals surface area (Å²) in [5.41, 5.74) is 3.32. The molecule has 3 rings (SSSR count). The van der Waals surface area contributed by atoms with Gasteiger partial charge in [-0.25, -0.2) is 4.79 Å². The fourth-order valence-corrected chi connectivity index (χ4v) is 4.69. The Morgan fingerprint density at radius 3 is 2.37 bits per heavy atom. The van der Waals surface area contributed by atoms with E-state index < -0.39 is 18.1 Å². The third-order valence-corrected chi connectivity index (χ3v) is 7.03. The van der Waals surface area contributed by atoms with Crippen molar-refractivity contribution in [3.05, 3.63) is 95.6 Å². The number of nitrogens with one attached hydrogen (secondary N) is 3. The van der Waals surface area contributed by atoms with Crippen LogP contribution in [0, 0.1) is 5.92 Å². The van der Waals surface area contributed by atoms with Crippen LogP contribution in [0.25, 0.3) is 0 Å². The molecule has 0 aromatic heterocycles. The highest BCUT2D eigenvalue weighted by Gasteiger charge is 2.27. The highest BCUT2D eigenvalue weighted by atomic mass is 16.5. The second-order valence-corrected chi connectivity index (χ2v) is 11.1. The van der Waals surface area contributed by atoms with Crippen LogP contribution in [0.5, 0.6) is 0 Å². The molecular formula is C34H53N3O4. The molecule has 0 saturated heterocycles. The number of ether oxygens (including phenoxy) is 2. The molecule has 41 heavy (non-hydrogen) atoms. The molecule has 0 radical (unpaired) electrons. The number of esters is 1. The number of hydrogen-bond donors (Lipinski definition) is 3. The first-order chi connectivity index (χ1) is 19.9. The van der Waals surface area contributed by atoms with Crippen molar-refractivity contribution in [2.45, 2.75) is 64.5 Å². The van der Waals surface area contributed by atoms with Gasteiger partial charge in [0.1, 0.15) is 12.6 Å². The summed E-state index contributed by atoms with van der Waals surface area (Å²) in [6.45, 7) is 8.79. The van der Waals surface area contributed by atoms with E-state index in [2.05, 4.69) is 59.3 Å². The van der Waals surface area contributed by atoms with Gasteiger partial charge in [-0.05, 0) is 54.2 Å². The second-order valence-electron chi connectivity index (χ2n) is 11.1. The van der Waals surface area contributed by atoms with E-state index in [0.29, 0.717) is 31.9 Å². The molecule has 228 valence electrons. The fourth-order valence-electron chi connectivity index (χ4n) is 4.69. The Labute approximate surface area is 250 Å². The van der Waals surface area contributed by atoms with Crippen molar-refractivity contribution in [2.24, 2.45) is 5.92 Å². The topological polar surface area (TPSA) is 88.7 Å². The van der Waals surface area contributed by atoms with Crippen LogP contribution >= 0.6 is 0 Å². The van der Waals surface area contributed by atoms with Gasteiger partial charge in [-0.3, -0.25) is 10.1 Å². The van der Waals surface area contributed by atoms with Crippen LogP contribution in [0.1, 0.15) is 61.4 Å². The first-order valence-electron chi connectivity index (χ1n) is 14.9. The molecule has 0 fully saturated rings. The number of benzene rings is 2. The number of allylic oxidation sites excluding steroid dienone is 2. The van der Waals surface area contributed by atoms with Crippen LogP contribution in [-0.4, -0.2) is 57.0 Å². The molecule has 0 bridgehead atoms. The molecule has 2 aromatic carbocycles. The molecular weight excluding hydrogens is 514 g/mol. The van der Waals surface area contributed by atoms with Crippen LogP contribution in [0.3, 0.4) is 0 Å². The van der Waals surface area contributed by atoms with Gasteiger partial charge in [-0.1, -0.05) is 99.7 Å². The minimum absolute atomic E-state index is 0. The first kappa shape index (κ1) is 32.3. The lowest BCUT2D eigenvalue weighted by Gasteiger charge is -2.24. The zero-order valence-corrected chi connectivity index (χ0v) is 24.8. The first-order valence-corrected chi connectivity index (χ1v) is 14.9. The molecule has 7 nitrogen and oxygen atoms in total. The highest BCUT2D eigenvalue weighted by molar-refractivity contribution is 5.87. The molecule has 1 aliphatic carbocycles. The maximum atomic E-state index is 13.5. The van der Waals surface area contributed by atoms with Gasteiger partial charge in [0, 0.05) is 17.4 Å². The highest BCUT2D eigenvalue weighted by Crippen LogP contribution is 2.14. The molecule has 0 heterocycles. The van der Waals surface area contributed by atoms with Crippen molar-refractivity contribution in [2.75, 3.05) is 33.0 Å². The van der Waals surface area contributed by atoms with Crippen molar-refractivity contribution < 1.29 is 23.3 Å². The van der Waals surface area contributed by atoms with Gasteiger partial charge >= 0.3 is 5.97 Å². The predicted molar refractivity (Wildman–Crippen MR) is 171 cm³/mol. The summed E-state index contributed by atoms with van der Waals surface area (Å²) >= 11 is 0. The fraction of sp³-hybridized carbons (Fsp3) is 0.471. The quantitative estimate of drug-likeness (QED) is 0.123. The summed E-state index contributed by atoms with van der Waals surface area (Å²) in [6.07, 6.45) is 9.10. The minimum atomic E-state index is -0.715. The number of carbonyl (C=O) groups excluding carboxylic acids is 2. The monoisotopic (exact) mass is 567 g/mol. The van der Waals surface area contributed by atoms with E-state index in [4.69, 9.17) is 9.47 Å². The molecule has 0 spiro atoms. The van der Waals surface area contributed by atoms with Gasteiger partial charge in [-0.15, -0.1) is 0 Å². The third-order valence-electron chi connectivity index (χ3n) is 7.03. The maximum Gasteiger partial charge on any atom is 0.328 e. The van der Waals surface area contributed by atoms with Crippen molar-refractivity contribution in [1.29, 1.82) is 0 Å². The molecule has 0 saturated carbocycles. The summed E-state index contributed by atoms with van der Waals surface area (Å²) < 4.78 is 11.4. The largest absolute Gasteiger partial charge is 0.459 e. The Morgan fingerprint density at radius 1 is 0.951 bits per heavy atom. The standard InChI is InChI=1S/C34H47N3O4.3H2/c1-26(2)21-32(34(39)41-24-29-15-9-5-10-16-29)37-33(38)31(22-28-13-7-4-8-14-28)36-25-40-20-19-35-23-27(3)30-17-11-6-12-18-30;;;/h4,6-9,11-18,26-27,31-32,35-36H,5,10,19-25H2,1-3H3,(H,37,38);3*1H/t27-,31-,32-;;;/m1.../s1. The Bertz CT molecular complexity index is 1120. The van der Waals surface area contributed by atoms with Crippen LogP contribution in [0.2, 0.25) is 0 Å². The molecule has 3 N–H and O–H groups in total. The molecule has 0 aliphatic heterocycles. The molecule has 3 atom stereocenters. The van der Waals surface area contributed by atoms with Crippen LogP contribution in [-0.2, 0) is 25.5 Å². The average molecular weight is 568 g/mol.